The highest BCUT2D eigenvalue weighted by Crippen LogP contribution is 2.33. The van der Waals surface area contributed by atoms with Crippen LogP contribution in [0.25, 0.3) is 0 Å². The van der Waals surface area contributed by atoms with Gasteiger partial charge in [0.1, 0.15) is 18.3 Å². The normalized spacial score (nSPS) is 12.7. The molecular weight excluding hydrogens is 550 g/mol. The third kappa shape index (κ3) is 8.12. The van der Waals surface area contributed by atoms with Crippen LogP contribution in [0.5, 0.6) is 5.75 Å². The molecule has 0 saturated carbocycles. The molecule has 0 aliphatic heterocycles. The number of hydrogen-bond donors (Lipinski definition) is 1. The molecule has 2 atom stereocenters. The van der Waals surface area contributed by atoms with Gasteiger partial charge in [0.2, 0.25) is 11.8 Å². The molecule has 9 heteroatoms. The maximum atomic E-state index is 14.3. The van der Waals surface area contributed by atoms with E-state index in [2.05, 4.69) is 5.32 Å². The number of carbonyl (C=O) groups is 2. The van der Waals surface area contributed by atoms with Crippen LogP contribution in [0, 0.1) is 13.8 Å². The number of carbonyl (C=O) groups excluding carboxylic acids is 2. The molecule has 3 aromatic rings. The second-order valence-corrected chi connectivity index (χ2v) is 12.3. The molecule has 0 bridgehead atoms. The molecule has 0 aromatic heterocycles. The van der Waals surface area contributed by atoms with Crippen LogP contribution < -0.4 is 14.4 Å². The summed E-state index contributed by atoms with van der Waals surface area (Å²) in [5.41, 5.74) is 3.03. The molecule has 0 spiro atoms. The monoisotopic (exact) mass is 593 g/mol. The summed E-state index contributed by atoms with van der Waals surface area (Å²) >= 11 is 0. The first-order chi connectivity index (χ1) is 20.0. The van der Waals surface area contributed by atoms with E-state index in [1.165, 1.54) is 17.0 Å². The van der Waals surface area contributed by atoms with Crippen LogP contribution in [0.2, 0.25) is 0 Å². The molecule has 3 aromatic carbocycles. The topological polar surface area (TPSA) is 96.0 Å². The van der Waals surface area contributed by atoms with E-state index in [0.29, 0.717) is 18.8 Å². The number of hydrogen-bond acceptors (Lipinski definition) is 5. The van der Waals surface area contributed by atoms with E-state index in [4.69, 9.17) is 4.74 Å². The summed E-state index contributed by atoms with van der Waals surface area (Å²) in [6.45, 7) is 11.3. The fourth-order valence-corrected chi connectivity index (χ4v) is 6.08. The van der Waals surface area contributed by atoms with Crippen LogP contribution in [0.1, 0.15) is 57.2 Å². The summed E-state index contributed by atoms with van der Waals surface area (Å²) in [5, 5.41) is 3.00. The van der Waals surface area contributed by atoms with Crippen LogP contribution in [0.3, 0.4) is 0 Å². The van der Waals surface area contributed by atoms with Crippen LogP contribution >= 0.6 is 0 Å². The van der Waals surface area contributed by atoms with Crippen LogP contribution in [0.15, 0.2) is 77.7 Å². The van der Waals surface area contributed by atoms with E-state index in [-0.39, 0.29) is 29.1 Å². The van der Waals surface area contributed by atoms with Gasteiger partial charge < -0.3 is 15.0 Å². The quantitative estimate of drug-likeness (QED) is 0.262. The average molecular weight is 594 g/mol. The van der Waals surface area contributed by atoms with Crippen molar-refractivity contribution in [2.24, 2.45) is 0 Å². The van der Waals surface area contributed by atoms with E-state index in [9.17, 15) is 18.0 Å². The van der Waals surface area contributed by atoms with Crippen LogP contribution in [-0.4, -0.2) is 50.4 Å². The van der Waals surface area contributed by atoms with Gasteiger partial charge in [-0.2, -0.15) is 0 Å². The first-order valence-electron chi connectivity index (χ1n) is 14.5. The van der Waals surface area contributed by atoms with Gasteiger partial charge in [-0.15, -0.1) is 0 Å². The lowest BCUT2D eigenvalue weighted by atomic mass is 10.1. The highest BCUT2D eigenvalue weighted by molar-refractivity contribution is 7.92. The minimum atomic E-state index is -4.19. The fourth-order valence-electron chi connectivity index (χ4n) is 4.66. The van der Waals surface area contributed by atoms with Gasteiger partial charge in [-0.05, 0) is 70.4 Å². The van der Waals surface area contributed by atoms with Crippen molar-refractivity contribution in [3.05, 3.63) is 89.5 Å². The van der Waals surface area contributed by atoms with Crippen LogP contribution in [-0.2, 0) is 26.2 Å². The lowest BCUT2D eigenvalue weighted by molar-refractivity contribution is -0.140. The molecule has 0 heterocycles. The number of nitrogens with one attached hydrogen (secondary N) is 1. The Morgan fingerprint density at radius 2 is 1.57 bits per heavy atom. The zero-order valence-corrected chi connectivity index (χ0v) is 26.3. The lowest BCUT2D eigenvalue weighted by Gasteiger charge is -2.34. The number of rotatable bonds is 14. The number of benzene rings is 3. The Bertz CT molecular complexity index is 1460. The predicted molar refractivity (Wildman–Crippen MR) is 167 cm³/mol. The molecule has 0 fully saturated rings. The molecule has 1 N–H and O–H groups in total. The van der Waals surface area contributed by atoms with Gasteiger partial charge in [0.15, 0.2) is 0 Å². The van der Waals surface area contributed by atoms with Crippen molar-refractivity contribution >= 4 is 27.5 Å². The lowest BCUT2D eigenvalue weighted by Crippen LogP contribution is -2.53. The number of nitrogens with zero attached hydrogens (tertiary/aromatic N) is 2. The van der Waals surface area contributed by atoms with Crippen molar-refractivity contribution in [3.63, 3.8) is 0 Å². The van der Waals surface area contributed by atoms with Crippen molar-refractivity contribution in [2.75, 3.05) is 17.5 Å². The van der Waals surface area contributed by atoms with Gasteiger partial charge in [0, 0.05) is 12.6 Å². The fraction of sp³-hybridized carbons (Fsp3) is 0.394. The third-order valence-corrected chi connectivity index (χ3v) is 8.92. The number of ether oxygens (including phenoxy) is 1. The van der Waals surface area contributed by atoms with Crippen molar-refractivity contribution in [3.8, 4) is 5.75 Å². The first-order valence-corrected chi connectivity index (χ1v) is 15.9. The van der Waals surface area contributed by atoms with Crippen molar-refractivity contribution in [2.45, 2.75) is 77.9 Å². The highest BCUT2D eigenvalue weighted by atomic mass is 32.2. The van der Waals surface area contributed by atoms with E-state index in [1.54, 1.807) is 36.4 Å². The molecule has 42 heavy (non-hydrogen) atoms. The van der Waals surface area contributed by atoms with E-state index < -0.39 is 28.5 Å². The summed E-state index contributed by atoms with van der Waals surface area (Å²) in [7, 11) is -4.19. The zero-order valence-electron chi connectivity index (χ0n) is 25.5. The highest BCUT2D eigenvalue weighted by Gasteiger charge is 2.35. The van der Waals surface area contributed by atoms with Gasteiger partial charge in [-0.1, -0.05) is 73.5 Å². The molecule has 8 nitrogen and oxygen atoms in total. The summed E-state index contributed by atoms with van der Waals surface area (Å²) in [6.07, 6.45) is 1.10. The molecule has 3 rings (SSSR count). The standard InChI is InChI=1S/C33H43N3O5S/c1-7-26(6)34-33(38)29(8-2)35(22-27-14-12-13-25(5)21-27)32(37)23-36(30-15-10-11-16-31(30)41-9-3)42(39,40)28-19-17-24(4)18-20-28/h10-21,26,29H,7-9,22-23H2,1-6H3,(H,34,38)/t26-,29+/m0/s1. The summed E-state index contributed by atoms with van der Waals surface area (Å²) in [4.78, 5) is 29.3. The number of anilines is 1. The van der Waals surface area contributed by atoms with Crippen molar-refractivity contribution < 1.29 is 22.7 Å². The predicted octanol–water partition coefficient (Wildman–Crippen LogP) is 5.62. The molecule has 0 radical (unpaired) electrons. The molecular formula is C33H43N3O5S. The summed E-state index contributed by atoms with van der Waals surface area (Å²) in [5.74, 6) is -0.421. The summed E-state index contributed by atoms with van der Waals surface area (Å²) in [6, 6.07) is 20.1. The Balaban J connectivity index is 2.11. The minimum Gasteiger partial charge on any atom is -0.492 e. The van der Waals surface area contributed by atoms with E-state index >= 15 is 0 Å². The summed E-state index contributed by atoms with van der Waals surface area (Å²) < 4.78 is 35.2. The molecule has 0 aliphatic rings. The van der Waals surface area contributed by atoms with Gasteiger partial charge >= 0.3 is 0 Å². The number of amides is 2. The minimum absolute atomic E-state index is 0.0546. The van der Waals surface area contributed by atoms with Gasteiger partial charge in [-0.3, -0.25) is 13.9 Å². The molecule has 0 aliphatic carbocycles. The van der Waals surface area contributed by atoms with Crippen molar-refractivity contribution in [1.29, 1.82) is 0 Å². The van der Waals surface area contributed by atoms with Gasteiger partial charge in [0.05, 0.1) is 17.2 Å². The number of aryl methyl sites for hydroxylation is 2. The van der Waals surface area contributed by atoms with Gasteiger partial charge in [-0.25, -0.2) is 8.42 Å². The zero-order chi connectivity index (χ0) is 30.9. The van der Waals surface area contributed by atoms with E-state index in [1.807, 2.05) is 65.8 Å². The maximum Gasteiger partial charge on any atom is 0.264 e. The molecule has 0 unspecified atom stereocenters. The SMILES string of the molecule is CCOc1ccccc1N(CC(=O)N(Cc1cccc(C)c1)[C@H](CC)C(=O)N[C@@H](C)CC)S(=O)(=O)c1ccc(C)cc1. The van der Waals surface area contributed by atoms with E-state index in [0.717, 1.165) is 27.4 Å². The third-order valence-electron chi connectivity index (χ3n) is 7.14. The van der Waals surface area contributed by atoms with Crippen LogP contribution in [0.4, 0.5) is 5.69 Å². The second-order valence-electron chi connectivity index (χ2n) is 10.5. The number of sulfonamides is 1. The molecule has 2 amide bonds. The van der Waals surface area contributed by atoms with Crippen molar-refractivity contribution in [1.82, 2.24) is 10.2 Å². The first kappa shape index (κ1) is 32.7. The Morgan fingerprint density at radius 3 is 2.19 bits per heavy atom. The Kier molecular flexibility index (Phi) is 11.6. The Hall–Kier alpha value is -3.85. The second kappa shape index (κ2) is 14.9. The molecule has 0 saturated heterocycles. The number of para-hydroxylation sites is 2. The Labute approximate surface area is 250 Å². The van der Waals surface area contributed by atoms with Gasteiger partial charge in [0.25, 0.3) is 10.0 Å². The largest absolute Gasteiger partial charge is 0.492 e. The Morgan fingerprint density at radius 1 is 0.881 bits per heavy atom. The smallest absolute Gasteiger partial charge is 0.264 e. The average Bonchev–Trinajstić information content (AvgIpc) is 2.96. The molecule has 226 valence electrons. The maximum absolute atomic E-state index is 14.3.